The molecule has 0 radical (unpaired) electrons. The van der Waals surface area contributed by atoms with Crippen LogP contribution in [0.3, 0.4) is 0 Å². The number of aliphatic hydroxyl groups excluding tert-OH is 1. The number of piperidine rings is 1. The van der Waals surface area contributed by atoms with Crippen LogP contribution in [-0.4, -0.2) is 52.3 Å². The number of hydrogen-bond acceptors (Lipinski definition) is 7. The van der Waals surface area contributed by atoms with Gasteiger partial charge in [0.25, 0.3) is 0 Å². The molecule has 8 heteroatoms. The summed E-state index contributed by atoms with van der Waals surface area (Å²) in [6, 6.07) is 14.5. The van der Waals surface area contributed by atoms with Gasteiger partial charge in [-0.2, -0.15) is 15.0 Å². The largest absolute Gasteiger partial charge is 0.394 e. The fraction of sp³-hybridized carbons (Fsp3) is 0.375. The van der Waals surface area contributed by atoms with Crippen molar-refractivity contribution < 1.29 is 9.50 Å². The maximum absolute atomic E-state index is 13.9. The molecule has 7 nitrogen and oxygen atoms in total. The van der Waals surface area contributed by atoms with Crippen molar-refractivity contribution in [1.82, 2.24) is 20.3 Å². The number of nitrogens with zero attached hydrogens (tertiary/aromatic N) is 4. The van der Waals surface area contributed by atoms with E-state index in [4.69, 9.17) is 9.97 Å². The van der Waals surface area contributed by atoms with Crippen molar-refractivity contribution in [1.29, 1.82) is 0 Å². The first-order valence-corrected chi connectivity index (χ1v) is 11.2. The molecule has 1 saturated heterocycles. The van der Waals surface area contributed by atoms with E-state index in [1.807, 2.05) is 23.1 Å². The Bertz CT molecular complexity index is 1090. The summed E-state index contributed by atoms with van der Waals surface area (Å²) >= 11 is 0. The third-order valence-corrected chi connectivity index (χ3v) is 6.22. The molecule has 3 heterocycles. The Morgan fingerprint density at radius 1 is 1.06 bits per heavy atom. The lowest BCUT2D eigenvalue weighted by molar-refractivity contribution is 0.256. The number of rotatable bonds is 5. The molecule has 0 spiro atoms. The minimum absolute atomic E-state index is 0.0466. The molecule has 1 aromatic heterocycles. The SMILES string of the molecule is OC[C@H]1c2ccccc2CCN1c1nc(NC2CCNCC2)nc(-c2cccc(F)c2)n1. The molecule has 3 aromatic rings. The number of halogens is 1. The Morgan fingerprint density at radius 3 is 2.72 bits per heavy atom. The lowest BCUT2D eigenvalue weighted by atomic mass is 9.93. The van der Waals surface area contributed by atoms with Crippen molar-refractivity contribution in [2.45, 2.75) is 31.3 Å². The van der Waals surface area contributed by atoms with E-state index < -0.39 is 0 Å². The molecule has 0 amide bonds. The molecule has 32 heavy (non-hydrogen) atoms. The van der Waals surface area contributed by atoms with E-state index in [1.54, 1.807) is 12.1 Å². The summed E-state index contributed by atoms with van der Waals surface area (Å²) in [7, 11) is 0. The van der Waals surface area contributed by atoms with Gasteiger partial charge in [0.15, 0.2) is 5.82 Å². The molecule has 0 unspecified atom stereocenters. The van der Waals surface area contributed by atoms with E-state index in [2.05, 4.69) is 21.7 Å². The van der Waals surface area contributed by atoms with E-state index in [9.17, 15) is 9.50 Å². The molecule has 2 aliphatic heterocycles. The standard InChI is InChI=1S/C24H27FN6O/c25-18-6-3-5-17(14-18)22-28-23(27-19-8-11-26-12-9-19)30-24(29-22)31-13-10-16-4-1-2-7-20(16)21(31)15-32/h1-7,14,19,21,26,32H,8-13,15H2,(H,27,28,29,30)/t21-/m0/s1. The summed E-state index contributed by atoms with van der Waals surface area (Å²) < 4.78 is 13.9. The van der Waals surface area contributed by atoms with Crippen LogP contribution < -0.4 is 15.5 Å². The van der Waals surface area contributed by atoms with Crippen molar-refractivity contribution in [3.63, 3.8) is 0 Å². The van der Waals surface area contributed by atoms with Crippen molar-refractivity contribution in [3.05, 3.63) is 65.5 Å². The van der Waals surface area contributed by atoms with Gasteiger partial charge in [0.2, 0.25) is 11.9 Å². The molecule has 2 aromatic carbocycles. The lowest BCUT2D eigenvalue weighted by Crippen LogP contribution is -2.39. The quantitative estimate of drug-likeness (QED) is 0.569. The second-order valence-electron chi connectivity index (χ2n) is 8.30. The van der Waals surface area contributed by atoms with Gasteiger partial charge in [0, 0.05) is 18.2 Å². The topological polar surface area (TPSA) is 86.2 Å². The molecule has 3 N–H and O–H groups in total. The van der Waals surface area contributed by atoms with Crippen LogP contribution in [-0.2, 0) is 6.42 Å². The zero-order valence-corrected chi connectivity index (χ0v) is 17.8. The highest BCUT2D eigenvalue weighted by Gasteiger charge is 2.29. The maximum atomic E-state index is 13.9. The van der Waals surface area contributed by atoms with E-state index >= 15 is 0 Å². The van der Waals surface area contributed by atoms with Gasteiger partial charge in [0.05, 0.1) is 12.6 Å². The molecule has 1 fully saturated rings. The molecule has 166 valence electrons. The second-order valence-corrected chi connectivity index (χ2v) is 8.30. The van der Waals surface area contributed by atoms with Gasteiger partial charge in [-0.15, -0.1) is 0 Å². The molecule has 0 aliphatic carbocycles. The predicted octanol–water partition coefficient (Wildman–Crippen LogP) is 2.94. The zero-order valence-electron chi connectivity index (χ0n) is 17.8. The Kier molecular flexibility index (Phi) is 5.96. The van der Waals surface area contributed by atoms with Crippen molar-refractivity contribution >= 4 is 11.9 Å². The average molecular weight is 435 g/mol. The van der Waals surface area contributed by atoms with Crippen molar-refractivity contribution in [2.75, 3.05) is 36.5 Å². The lowest BCUT2D eigenvalue weighted by Gasteiger charge is -2.36. The van der Waals surface area contributed by atoms with Crippen LogP contribution in [0.5, 0.6) is 0 Å². The Labute approximate surface area is 186 Å². The van der Waals surface area contributed by atoms with Gasteiger partial charge >= 0.3 is 0 Å². The third kappa shape index (κ3) is 4.28. The van der Waals surface area contributed by atoms with Gasteiger partial charge in [-0.25, -0.2) is 4.39 Å². The smallest absolute Gasteiger partial charge is 0.231 e. The van der Waals surface area contributed by atoms with Crippen LogP contribution in [0, 0.1) is 5.82 Å². The van der Waals surface area contributed by atoms with Crippen molar-refractivity contribution in [3.8, 4) is 11.4 Å². The summed E-state index contributed by atoms with van der Waals surface area (Å²) in [5, 5.41) is 17.0. The van der Waals surface area contributed by atoms with Crippen LogP contribution in [0.4, 0.5) is 16.3 Å². The summed E-state index contributed by atoms with van der Waals surface area (Å²) in [5.74, 6) is 1.06. The van der Waals surface area contributed by atoms with Gasteiger partial charge in [-0.1, -0.05) is 36.4 Å². The Hall–Kier alpha value is -3.10. The van der Waals surface area contributed by atoms with Crippen LogP contribution in [0.1, 0.15) is 30.0 Å². The molecule has 1 atom stereocenters. The van der Waals surface area contributed by atoms with Crippen LogP contribution in [0.2, 0.25) is 0 Å². The molecule has 5 rings (SSSR count). The monoisotopic (exact) mass is 434 g/mol. The number of nitrogens with one attached hydrogen (secondary N) is 2. The first-order valence-electron chi connectivity index (χ1n) is 11.2. The fourth-order valence-electron chi connectivity index (χ4n) is 4.55. The van der Waals surface area contributed by atoms with Crippen LogP contribution in [0.15, 0.2) is 48.5 Å². The van der Waals surface area contributed by atoms with Crippen molar-refractivity contribution in [2.24, 2.45) is 0 Å². The summed E-state index contributed by atoms with van der Waals surface area (Å²) in [6.07, 6.45) is 2.80. The van der Waals surface area contributed by atoms with Gasteiger partial charge in [-0.3, -0.25) is 0 Å². The van der Waals surface area contributed by atoms with Crippen LogP contribution >= 0.6 is 0 Å². The van der Waals surface area contributed by atoms with Crippen LogP contribution in [0.25, 0.3) is 11.4 Å². The third-order valence-electron chi connectivity index (χ3n) is 6.22. The summed E-state index contributed by atoms with van der Waals surface area (Å²) in [5.41, 5.74) is 2.91. The van der Waals surface area contributed by atoms with Gasteiger partial charge in [0.1, 0.15) is 5.82 Å². The number of fused-ring (bicyclic) bond motifs is 1. The summed E-state index contributed by atoms with van der Waals surface area (Å²) in [4.78, 5) is 16.1. The van der Waals surface area contributed by atoms with E-state index in [-0.39, 0.29) is 24.5 Å². The number of aromatic nitrogens is 3. The van der Waals surface area contributed by atoms with E-state index in [0.717, 1.165) is 37.9 Å². The minimum Gasteiger partial charge on any atom is -0.394 e. The second kappa shape index (κ2) is 9.18. The predicted molar refractivity (Wildman–Crippen MR) is 122 cm³/mol. The Morgan fingerprint density at radius 2 is 1.91 bits per heavy atom. The highest BCUT2D eigenvalue weighted by molar-refractivity contribution is 5.59. The highest BCUT2D eigenvalue weighted by atomic mass is 19.1. The number of benzene rings is 2. The molecule has 2 aliphatic rings. The van der Waals surface area contributed by atoms with Gasteiger partial charge in [-0.05, 0) is 55.6 Å². The normalized spacial score (nSPS) is 18.9. The molecule has 0 saturated carbocycles. The van der Waals surface area contributed by atoms with Gasteiger partial charge < -0.3 is 20.6 Å². The number of anilines is 2. The number of aliphatic hydroxyl groups is 1. The number of hydrogen-bond donors (Lipinski definition) is 3. The average Bonchev–Trinajstić information content (AvgIpc) is 2.83. The summed E-state index contributed by atoms with van der Waals surface area (Å²) in [6.45, 7) is 2.53. The molecular formula is C24H27FN6O. The Balaban J connectivity index is 1.54. The first kappa shape index (κ1) is 20.8. The maximum Gasteiger partial charge on any atom is 0.231 e. The van der Waals surface area contributed by atoms with E-state index in [0.29, 0.717) is 29.8 Å². The first-order chi connectivity index (χ1) is 15.7. The van der Waals surface area contributed by atoms with E-state index in [1.165, 1.54) is 17.7 Å². The molecule has 0 bridgehead atoms. The minimum atomic E-state index is -0.336. The molecular weight excluding hydrogens is 407 g/mol. The highest BCUT2D eigenvalue weighted by Crippen LogP contribution is 2.33. The fourth-order valence-corrected chi connectivity index (χ4v) is 4.55. The zero-order chi connectivity index (χ0) is 21.9.